The number of hydrogen-bond donors (Lipinski definition) is 1. The van der Waals surface area contributed by atoms with E-state index >= 15 is 0 Å². The van der Waals surface area contributed by atoms with Crippen LogP contribution in [0.3, 0.4) is 0 Å². The maximum atomic E-state index is 4.83. The molecule has 0 saturated carbocycles. The highest BCUT2D eigenvalue weighted by Crippen LogP contribution is 2.13. The van der Waals surface area contributed by atoms with Gasteiger partial charge in [0, 0.05) is 24.6 Å². The first kappa shape index (κ1) is 5.92. The van der Waals surface area contributed by atoms with Gasteiger partial charge in [-0.3, -0.25) is 0 Å². The molecule has 0 saturated heterocycles. The van der Waals surface area contributed by atoms with Crippen LogP contribution < -0.4 is 5.32 Å². The van der Waals surface area contributed by atoms with E-state index in [-0.39, 0.29) is 0 Å². The van der Waals surface area contributed by atoms with Crippen LogP contribution in [0.4, 0.5) is 0 Å². The van der Waals surface area contributed by atoms with Crippen LogP contribution >= 0.6 is 0 Å². The van der Waals surface area contributed by atoms with Crippen LogP contribution in [0, 0.1) is 0 Å². The Bertz CT molecular complexity index is 231. The predicted octanol–water partition coefficient (Wildman–Crippen LogP) is 0.709. The van der Waals surface area contributed by atoms with Crippen LogP contribution in [0.2, 0.25) is 0 Å². The second-order valence-corrected chi connectivity index (χ2v) is 2.77. The van der Waals surface area contributed by atoms with Gasteiger partial charge in [-0.25, -0.2) is 0 Å². The third-order valence-electron chi connectivity index (χ3n) is 1.87. The van der Waals surface area contributed by atoms with E-state index in [1.54, 1.807) is 6.26 Å². The SMILES string of the molecule is CC1Cc2nocc2CN1. The van der Waals surface area contributed by atoms with Crippen molar-refractivity contribution in [2.24, 2.45) is 0 Å². The van der Waals surface area contributed by atoms with Crippen molar-refractivity contribution >= 4 is 0 Å². The van der Waals surface area contributed by atoms with Gasteiger partial charge in [-0.15, -0.1) is 0 Å². The van der Waals surface area contributed by atoms with Gasteiger partial charge in [-0.1, -0.05) is 5.16 Å². The highest BCUT2D eigenvalue weighted by molar-refractivity contribution is 5.18. The maximum absolute atomic E-state index is 4.83. The molecule has 0 bridgehead atoms. The fraction of sp³-hybridized carbons (Fsp3) is 0.571. The van der Waals surface area contributed by atoms with Crippen molar-refractivity contribution in [2.75, 3.05) is 0 Å². The van der Waals surface area contributed by atoms with Crippen LogP contribution in [0.15, 0.2) is 10.8 Å². The van der Waals surface area contributed by atoms with Gasteiger partial charge in [0.1, 0.15) is 6.26 Å². The zero-order valence-corrected chi connectivity index (χ0v) is 5.92. The van der Waals surface area contributed by atoms with Crippen LogP contribution in [-0.4, -0.2) is 11.2 Å². The smallest absolute Gasteiger partial charge is 0.128 e. The second-order valence-electron chi connectivity index (χ2n) is 2.77. The summed E-state index contributed by atoms with van der Waals surface area (Å²) >= 11 is 0. The summed E-state index contributed by atoms with van der Waals surface area (Å²) in [6, 6.07) is 0.539. The van der Waals surface area contributed by atoms with Gasteiger partial charge in [0.05, 0.1) is 5.69 Å². The minimum absolute atomic E-state index is 0.539. The molecule has 1 unspecified atom stereocenters. The number of aromatic nitrogens is 1. The van der Waals surface area contributed by atoms with Crippen LogP contribution in [-0.2, 0) is 13.0 Å². The number of nitrogens with zero attached hydrogens (tertiary/aromatic N) is 1. The summed E-state index contributed by atoms with van der Waals surface area (Å²) in [5, 5.41) is 7.22. The lowest BCUT2D eigenvalue weighted by Gasteiger charge is -2.17. The van der Waals surface area contributed by atoms with Gasteiger partial charge >= 0.3 is 0 Å². The standard InChI is InChI=1S/C7H10N2O/c1-5-2-7-6(3-8-5)4-10-9-7/h4-5,8H,2-3H2,1H3. The molecule has 1 aliphatic heterocycles. The first-order valence-electron chi connectivity index (χ1n) is 3.52. The van der Waals surface area contributed by atoms with Crippen LogP contribution in [0.5, 0.6) is 0 Å². The molecule has 3 heteroatoms. The Balaban J connectivity index is 2.30. The topological polar surface area (TPSA) is 38.1 Å². The van der Waals surface area contributed by atoms with Gasteiger partial charge < -0.3 is 9.84 Å². The van der Waals surface area contributed by atoms with Gasteiger partial charge in [0.25, 0.3) is 0 Å². The lowest BCUT2D eigenvalue weighted by atomic mass is 10.1. The molecular formula is C7H10N2O. The molecule has 1 atom stereocenters. The van der Waals surface area contributed by atoms with E-state index in [2.05, 4.69) is 17.4 Å². The summed E-state index contributed by atoms with van der Waals surface area (Å²) in [6.07, 6.45) is 2.71. The Morgan fingerprint density at radius 1 is 1.80 bits per heavy atom. The molecule has 1 aliphatic rings. The van der Waals surface area contributed by atoms with Crippen molar-refractivity contribution in [3.63, 3.8) is 0 Å². The van der Waals surface area contributed by atoms with Gasteiger partial charge in [0.2, 0.25) is 0 Å². The van der Waals surface area contributed by atoms with Crippen LogP contribution in [0.1, 0.15) is 18.2 Å². The zero-order valence-electron chi connectivity index (χ0n) is 5.92. The molecule has 0 fully saturated rings. The van der Waals surface area contributed by atoms with E-state index in [1.165, 1.54) is 5.56 Å². The first-order valence-corrected chi connectivity index (χ1v) is 3.52. The Morgan fingerprint density at radius 3 is 3.60 bits per heavy atom. The number of rotatable bonds is 0. The van der Waals surface area contributed by atoms with E-state index in [1.807, 2.05) is 0 Å². The van der Waals surface area contributed by atoms with E-state index < -0.39 is 0 Å². The maximum Gasteiger partial charge on any atom is 0.128 e. The van der Waals surface area contributed by atoms with Gasteiger partial charge in [-0.05, 0) is 6.92 Å². The Morgan fingerprint density at radius 2 is 2.70 bits per heavy atom. The van der Waals surface area contributed by atoms with E-state index in [4.69, 9.17) is 4.52 Å². The molecule has 10 heavy (non-hydrogen) atoms. The third kappa shape index (κ3) is 0.827. The van der Waals surface area contributed by atoms with E-state index in [9.17, 15) is 0 Å². The number of nitrogens with one attached hydrogen (secondary N) is 1. The van der Waals surface area contributed by atoms with E-state index in [0.29, 0.717) is 6.04 Å². The van der Waals surface area contributed by atoms with Crippen LogP contribution in [0.25, 0.3) is 0 Å². The molecule has 54 valence electrons. The van der Waals surface area contributed by atoms with E-state index in [0.717, 1.165) is 18.7 Å². The van der Waals surface area contributed by atoms with Crippen molar-refractivity contribution in [2.45, 2.75) is 25.9 Å². The van der Waals surface area contributed by atoms with Gasteiger partial charge in [0.15, 0.2) is 0 Å². The Labute approximate surface area is 59.4 Å². The molecule has 0 aromatic carbocycles. The second kappa shape index (κ2) is 2.09. The molecule has 1 N–H and O–H groups in total. The largest absolute Gasteiger partial charge is 0.364 e. The summed E-state index contributed by atoms with van der Waals surface area (Å²) in [6.45, 7) is 3.05. The normalized spacial score (nSPS) is 24.3. The summed E-state index contributed by atoms with van der Waals surface area (Å²) in [5.41, 5.74) is 2.32. The summed E-state index contributed by atoms with van der Waals surface area (Å²) < 4.78 is 4.83. The van der Waals surface area contributed by atoms with Crippen molar-refractivity contribution in [1.82, 2.24) is 10.5 Å². The summed E-state index contributed by atoms with van der Waals surface area (Å²) in [5.74, 6) is 0. The van der Waals surface area contributed by atoms with Gasteiger partial charge in [-0.2, -0.15) is 0 Å². The fourth-order valence-corrected chi connectivity index (χ4v) is 1.24. The quantitative estimate of drug-likeness (QED) is 0.573. The first-order chi connectivity index (χ1) is 4.86. The van der Waals surface area contributed by atoms with Crippen molar-refractivity contribution in [1.29, 1.82) is 0 Å². The summed E-state index contributed by atoms with van der Waals surface area (Å²) in [7, 11) is 0. The average molecular weight is 138 g/mol. The zero-order chi connectivity index (χ0) is 6.97. The minimum atomic E-state index is 0.539. The Hall–Kier alpha value is -0.830. The predicted molar refractivity (Wildman–Crippen MR) is 36.5 cm³/mol. The molecule has 2 heterocycles. The molecule has 0 spiro atoms. The monoisotopic (exact) mass is 138 g/mol. The molecule has 0 amide bonds. The molecule has 0 aliphatic carbocycles. The lowest BCUT2D eigenvalue weighted by Crippen LogP contribution is -2.32. The lowest BCUT2D eigenvalue weighted by molar-refractivity contribution is 0.408. The molecule has 1 aromatic rings. The average Bonchev–Trinajstić information content (AvgIpc) is 2.33. The molecule has 3 nitrogen and oxygen atoms in total. The number of fused-ring (bicyclic) bond motifs is 1. The molecular weight excluding hydrogens is 128 g/mol. The minimum Gasteiger partial charge on any atom is -0.364 e. The van der Waals surface area contributed by atoms with Crippen molar-refractivity contribution < 1.29 is 4.52 Å². The third-order valence-corrected chi connectivity index (χ3v) is 1.87. The highest BCUT2D eigenvalue weighted by Gasteiger charge is 2.16. The fourth-order valence-electron chi connectivity index (χ4n) is 1.24. The van der Waals surface area contributed by atoms with Crippen molar-refractivity contribution in [3.8, 4) is 0 Å². The number of hydrogen-bond acceptors (Lipinski definition) is 3. The summed E-state index contributed by atoms with van der Waals surface area (Å²) in [4.78, 5) is 0. The Kier molecular flexibility index (Phi) is 1.24. The molecule has 0 radical (unpaired) electrons. The van der Waals surface area contributed by atoms with Crippen molar-refractivity contribution in [3.05, 3.63) is 17.5 Å². The highest BCUT2D eigenvalue weighted by atomic mass is 16.5. The molecule has 1 aromatic heterocycles. The molecule has 2 rings (SSSR count).